The number of hydrogen-bond donors (Lipinski definition) is 3. The maximum atomic E-state index is 13.3. The van der Waals surface area contributed by atoms with E-state index in [0.29, 0.717) is 30.4 Å². The van der Waals surface area contributed by atoms with Gasteiger partial charge in [-0.05, 0) is 109 Å². The van der Waals surface area contributed by atoms with Crippen molar-refractivity contribution in [2.75, 3.05) is 74.5 Å². The second-order valence-electron chi connectivity index (χ2n) is 16.2. The molecule has 3 amide bonds. The van der Waals surface area contributed by atoms with Gasteiger partial charge in [0.1, 0.15) is 11.8 Å². The Bertz CT molecular complexity index is 2010. The van der Waals surface area contributed by atoms with E-state index >= 15 is 0 Å². The van der Waals surface area contributed by atoms with Gasteiger partial charge in [-0.2, -0.15) is 0 Å². The standard InChI is InChI=1S/C46H54N6O4/c1-49(38-9-5-8-36(29-38)47-42-18-19-43(54)48-46(42)56)31-44(55)52-26-24-50(25-27-52)30-32-20-22-51(23-21-32)37-13-10-34(11-14-37)45-40(33-6-3-2-4-7-33)16-12-35-28-39(53)15-17-41(35)45/h2-11,13-15,17,28-29,32,40,42,45,47,53H,12,16,18-27,30-31H2,1H3,(H,48,54,56)/t40-,42?,45+/m1/s1. The number of amides is 3. The van der Waals surface area contributed by atoms with Crippen molar-refractivity contribution in [3.8, 4) is 5.75 Å². The number of phenolic OH excluding ortho intramolecular Hbond substituents is 1. The lowest BCUT2D eigenvalue weighted by atomic mass is 9.69. The molecule has 10 nitrogen and oxygen atoms in total. The molecule has 1 aliphatic carbocycles. The van der Waals surface area contributed by atoms with Crippen molar-refractivity contribution in [2.24, 2.45) is 5.92 Å². The van der Waals surface area contributed by atoms with Gasteiger partial charge in [-0.3, -0.25) is 24.6 Å². The number of fused-ring (bicyclic) bond motifs is 1. The van der Waals surface area contributed by atoms with E-state index < -0.39 is 6.04 Å². The predicted molar refractivity (Wildman–Crippen MR) is 221 cm³/mol. The molecule has 8 rings (SSSR count). The summed E-state index contributed by atoms with van der Waals surface area (Å²) in [6.45, 7) is 6.76. The van der Waals surface area contributed by atoms with Crippen LogP contribution >= 0.6 is 0 Å². The number of carbonyl (C=O) groups is 3. The molecule has 4 aliphatic rings. The Morgan fingerprint density at radius 3 is 2.32 bits per heavy atom. The third-order valence-corrected chi connectivity index (χ3v) is 12.5. The number of nitrogens with zero attached hydrogens (tertiary/aromatic N) is 4. The van der Waals surface area contributed by atoms with Crippen molar-refractivity contribution in [3.05, 3.63) is 119 Å². The molecule has 3 fully saturated rings. The van der Waals surface area contributed by atoms with Crippen LogP contribution in [-0.4, -0.2) is 98.1 Å². The van der Waals surface area contributed by atoms with Crippen molar-refractivity contribution in [3.63, 3.8) is 0 Å². The first-order chi connectivity index (χ1) is 27.3. The maximum Gasteiger partial charge on any atom is 0.249 e. The van der Waals surface area contributed by atoms with Crippen LogP contribution in [0.25, 0.3) is 0 Å². The molecule has 3 N–H and O–H groups in total. The van der Waals surface area contributed by atoms with Crippen molar-refractivity contribution in [1.82, 2.24) is 15.1 Å². The van der Waals surface area contributed by atoms with E-state index in [1.807, 2.05) is 53.2 Å². The zero-order chi connectivity index (χ0) is 38.6. The molecule has 56 heavy (non-hydrogen) atoms. The average Bonchev–Trinajstić information content (AvgIpc) is 3.22. The molecule has 10 heteroatoms. The number of hydrogen-bond acceptors (Lipinski definition) is 8. The number of phenols is 1. The highest BCUT2D eigenvalue weighted by atomic mass is 16.3. The van der Waals surface area contributed by atoms with E-state index in [4.69, 9.17) is 0 Å². The summed E-state index contributed by atoms with van der Waals surface area (Å²) in [5, 5.41) is 15.8. The molecule has 3 aliphatic heterocycles. The number of likely N-dealkylation sites (N-methyl/N-ethyl adjacent to an activating group) is 1. The van der Waals surface area contributed by atoms with E-state index in [-0.39, 0.29) is 30.2 Å². The fraction of sp³-hybridized carbons (Fsp3) is 0.413. The Morgan fingerprint density at radius 2 is 1.57 bits per heavy atom. The van der Waals surface area contributed by atoms with Crippen LogP contribution in [0.4, 0.5) is 17.1 Å². The summed E-state index contributed by atoms with van der Waals surface area (Å²) in [5.41, 5.74) is 8.28. The highest BCUT2D eigenvalue weighted by molar-refractivity contribution is 6.01. The van der Waals surface area contributed by atoms with E-state index in [9.17, 15) is 19.5 Å². The molecule has 3 atom stereocenters. The van der Waals surface area contributed by atoms with Gasteiger partial charge in [0.15, 0.2) is 0 Å². The number of rotatable bonds is 10. The normalized spacial score (nSPS) is 22.0. The fourth-order valence-electron chi connectivity index (χ4n) is 9.35. The summed E-state index contributed by atoms with van der Waals surface area (Å²) in [4.78, 5) is 46.1. The smallest absolute Gasteiger partial charge is 0.249 e. The van der Waals surface area contributed by atoms with Gasteiger partial charge in [0.05, 0.1) is 6.54 Å². The average molecular weight is 755 g/mol. The first kappa shape index (κ1) is 37.6. The summed E-state index contributed by atoms with van der Waals surface area (Å²) in [6.07, 6.45) is 5.15. The number of nitrogens with one attached hydrogen (secondary N) is 2. The lowest BCUT2D eigenvalue weighted by Gasteiger charge is -2.40. The number of piperidine rings is 2. The molecular formula is C46H54N6O4. The number of piperazine rings is 1. The molecule has 0 bridgehead atoms. The molecule has 0 saturated carbocycles. The van der Waals surface area contributed by atoms with Crippen LogP contribution in [0.1, 0.15) is 66.2 Å². The van der Waals surface area contributed by atoms with Crippen LogP contribution < -0.4 is 20.4 Å². The Kier molecular flexibility index (Phi) is 11.3. The van der Waals surface area contributed by atoms with Crippen molar-refractivity contribution >= 4 is 34.8 Å². The predicted octanol–water partition coefficient (Wildman–Crippen LogP) is 5.97. The zero-order valence-corrected chi connectivity index (χ0v) is 32.4. The maximum absolute atomic E-state index is 13.3. The molecule has 0 aromatic heterocycles. The number of aryl methyl sites for hydroxylation is 1. The minimum Gasteiger partial charge on any atom is -0.508 e. The molecule has 4 aromatic carbocycles. The molecule has 3 saturated heterocycles. The largest absolute Gasteiger partial charge is 0.508 e. The van der Waals surface area contributed by atoms with Gasteiger partial charge >= 0.3 is 0 Å². The molecule has 1 unspecified atom stereocenters. The number of imide groups is 1. The molecular weight excluding hydrogens is 701 g/mol. The minimum atomic E-state index is -0.450. The van der Waals surface area contributed by atoms with E-state index in [1.165, 1.54) is 40.8 Å². The van der Waals surface area contributed by atoms with Crippen LogP contribution in [0, 0.1) is 5.92 Å². The van der Waals surface area contributed by atoms with Gasteiger partial charge in [-0.15, -0.1) is 0 Å². The summed E-state index contributed by atoms with van der Waals surface area (Å²) in [6, 6.07) is 33.4. The zero-order valence-electron chi connectivity index (χ0n) is 32.4. The lowest BCUT2D eigenvalue weighted by Crippen LogP contribution is -2.52. The third-order valence-electron chi connectivity index (χ3n) is 12.5. The van der Waals surface area contributed by atoms with Crippen LogP contribution in [0.2, 0.25) is 0 Å². The van der Waals surface area contributed by atoms with Crippen LogP contribution in [0.5, 0.6) is 5.75 Å². The number of benzene rings is 4. The monoisotopic (exact) mass is 754 g/mol. The topological polar surface area (TPSA) is 108 Å². The molecule has 0 radical (unpaired) electrons. The molecule has 3 heterocycles. The van der Waals surface area contributed by atoms with Crippen LogP contribution in [0.15, 0.2) is 97.1 Å². The summed E-state index contributed by atoms with van der Waals surface area (Å²) >= 11 is 0. The van der Waals surface area contributed by atoms with Crippen molar-refractivity contribution < 1.29 is 19.5 Å². The number of aromatic hydroxyl groups is 1. The van der Waals surface area contributed by atoms with E-state index in [2.05, 4.69) is 81.1 Å². The summed E-state index contributed by atoms with van der Waals surface area (Å²) in [7, 11) is 1.92. The minimum absolute atomic E-state index is 0.123. The quantitative estimate of drug-likeness (QED) is 0.170. The Balaban J connectivity index is 0.799. The van der Waals surface area contributed by atoms with Crippen molar-refractivity contribution in [1.29, 1.82) is 0 Å². The molecule has 0 spiro atoms. The Morgan fingerprint density at radius 1 is 0.804 bits per heavy atom. The van der Waals surface area contributed by atoms with Crippen LogP contribution in [0.3, 0.4) is 0 Å². The fourth-order valence-corrected chi connectivity index (χ4v) is 9.35. The third kappa shape index (κ3) is 8.55. The molecule has 292 valence electrons. The second-order valence-corrected chi connectivity index (χ2v) is 16.2. The second kappa shape index (κ2) is 16.8. The van der Waals surface area contributed by atoms with E-state index in [1.54, 1.807) is 0 Å². The van der Waals surface area contributed by atoms with Gasteiger partial charge in [0, 0.05) is 82.3 Å². The first-order valence-electron chi connectivity index (χ1n) is 20.4. The number of anilines is 3. The van der Waals surface area contributed by atoms with Gasteiger partial charge in [0.2, 0.25) is 17.7 Å². The van der Waals surface area contributed by atoms with E-state index in [0.717, 1.165) is 70.0 Å². The SMILES string of the molecule is CN(CC(=O)N1CCN(CC2CCN(c3ccc([C@@H]4c5ccc(O)cc5CC[C@@H]4c4ccccc4)cc3)CC2)CC1)c1cccc(NC2CCC(=O)NC2=O)c1. The van der Waals surface area contributed by atoms with Crippen molar-refractivity contribution in [2.45, 2.75) is 56.4 Å². The molecule has 4 aromatic rings. The van der Waals surface area contributed by atoms with Gasteiger partial charge in [-0.1, -0.05) is 54.6 Å². The number of carbonyl (C=O) groups excluding carboxylic acids is 3. The van der Waals surface area contributed by atoms with Gasteiger partial charge in [0.25, 0.3) is 0 Å². The summed E-state index contributed by atoms with van der Waals surface area (Å²) < 4.78 is 0. The first-order valence-corrected chi connectivity index (χ1v) is 20.4. The van der Waals surface area contributed by atoms with Gasteiger partial charge < -0.3 is 25.1 Å². The highest BCUT2D eigenvalue weighted by Crippen LogP contribution is 2.47. The Hall–Kier alpha value is -5.35. The highest BCUT2D eigenvalue weighted by Gasteiger charge is 2.33. The lowest BCUT2D eigenvalue weighted by molar-refractivity contribution is -0.134. The van der Waals surface area contributed by atoms with Crippen LogP contribution in [-0.2, 0) is 20.8 Å². The Labute approximate surface area is 330 Å². The van der Waals surface area contributed by atoms with Gasteiger partial charge in [-0.25, -0.2) is 0 Å². The summed E-state index contributed by atoms with van der Waals surface area (Å²) in [5.74, 6) is 1.25.